The minimum atomic E-state index is -0.0532. The smallest absolute Gasteiger partial charge is 0.0700 e. The van der Waals surface area contributed by atoms with Gasteiger partial charge in [0.1, 0.15) is 0 Å². The van der Waals surface area contributed by atoms with Gasteiger partial charge in [-0.1, -0.05) is 30.3 Å². The van der Waals surface area contributed by atoms with Gasteiger partial charge in [-0.3, -0.25) is 0 Å². The molecule has 2 fully saturated rings. The summed E-state index contributed by atoms with van der Waals surface area (Å²) in [7, 11) is 0. The van der Waals surface area contributed by atoms with E-state index in [9.17, 15) is 0 Å². The van der Waals surface area contributed by atoms with Gasteiger partial charge in [-0.15, -0.1) is 0 Å². The lowest BCUT2D eigenvalue weighted by Gasteiger charge is -2.46. The molecule has 3 rings (SSSR count). The van der Waals surface area contributed by atoms with Crippen LogP contribution in [-0.2, 0) is 14.9 Å². The van der Waals surface area contributed by atoms with Gasteiger partial charge in [0.25, 0.3) is 0 Å². The van der Waals surface area contributed by atoms with Crippen molar-refractivity contribution >= 4 is 0 Å². The fourth-order valence-electron chi connectivity index (χ4n) is 4.60. The van der Waals surface area contributed by atoms with Crippen molar-refractivity contribution in [1.29, 1.82) is 0 Å². The van der Waals surface area contributed by atoms with Gasteiger partial charge >= 0.3 is 0 Å². The highest BCUT2D eigenvalue weighted by Crippen LogP contribution is 2.44. The van der Waals surface area contributed by atoms with Crippen LogP contribution in [0.3, 0.4) is 0 Å². The van der Waals surface area contributed by atoms with Gasteiger partial charge < -0.3 is 14.8 Å². The second kappa shape index (κ2) is 7.55. The first kappa shape index (κ1) is 17.9. The standard InChI is InChI=1S/C21H33NO2/c1-17(22-15-19-10-7-12-23-19)14-21(18-8-5-4-6-9-18)11-13-24-20(2,3)16-21/h4-6,8-9,17,19,22H,7,10-16H2,1-3H3/t17-,19-,21-/m1/s1. The van der Waals surface area contributed by atoms with Crippen molar-refractivity contribution < 1.29 is 9.47 Å². The Bertz CT molecular complexity index is 510. The van der Waals surface area contributed by atoms with Gasteiger partial charge in [0.05, 0.1) is 11.7 Å². The Morgan fingerprint density at radius 3 is 2.67 bits per heavy atom. The van der Waals surface area contributed by atoms with E-state index in [0.29, 0.717) is 12.1 Å². The number of rotatable bonds is 6. The first-order chi connectivity index (χ1) is 11.5. The predicted octanol–water partition coefficient (Wildman–Crippen LogP) is 4.06. The molecule has 2 saturated heterocycles. The maximum Gasteiger partial charge on any atom is 0.0700 e. The quantitative estimate of drug-likeness (QED) is 0.853. The zero-order valence-electron chi connectivity index (χ0n) is 15.5. The Kier molecular flexibility index (Phi) is 5.63. The topological polar surface area (TPSA) is 30.5 Å². The molecule has 0 spiro atoms. The van der Waals surface area contributed by atoms with Crippen molar-refractivity contribution in [2.75, 3.05) is 19.8 Å². The minimum absolute atomic E-state index is 0.0532. The van der Waals surface area contributed by atoms with E-state index in [1.807, 2.05) is 0 Å². The lowest BCUT2D eigenvalue weighted by molar-refractivity contribution is -0.0855. The van der Waals surface area contributed by atoms with E-state index in [4.69, 9.17) is 9.47 Å². The minimum Gasteiger partial charge on any atom is -0.377 e. The molecule has 0 unspecified atom stereocenters. The zero-order chi connectivity index (χ0) is 17.0. The second-order valence-electron chi connectivity index (χ2n) is 8.33. The number of nitrogens with one attached hydrogen (secondary N) is 1. The maximum atomic E-state index is 6.02. The Morgan fingerprint density at radius 2 is 2.00 bits per heavy atom. The maximum absolute atomic E-state index is 6.02. The molecule has 2 heterocycles. The van der Waals surface area contributed by atoms with Gasteiger partial charge in [0.2, 0.25) is 0 Å². The van der Waals surface area contributed by atoms with Crippen molar-refractivity contribution in [1.82, 2.24) is 5.32 Å². The molecule has 2 aliphatic heterocycles. The summed E-state index contributed by atoms with van der Waals surface area (Å²) in [5.41, 5.74) is 1.61. The molecule has 3 atom stereocenters. The molecule has 3 heteroatoms. The molecule has 0 aliphatic carbocycles. The molecule has 24 heavy (non-hydrogen) atoms. The molecule has 2 aliphatic rings. The lowest BCUT2D eigenvalue weighted by Crippen LogP contribution is -2.47. The van der Waals surface area contributed by atoms with Crippen LogP contribution in [0.15, 0.2) is 30.3 Å². The fourth-order valence-corrected chi connectivity index (χ4v) is 4.60. The van der Waals surface area contributed by atoms with Crippen LogP contribution < -0.4 is 5.32 Å². The molecule has 1 N–H and O–H groups in total. The van der Waals surface area contributed by atoms with Crippen LogP contribution in [0, 0.1) is 0 Å². The summed E-state index contributed by atoms with van der Waals surface area (Å²) < 4.78 is 11.8. The van der Waals surface area contributed by atoms with E-state index in [2.05, 4.69) is 56.4 Å². The summed E-state index contributed by atoms with van der Waals surface area (Å²) in [6.07, 6.45) is 6.15. The first-order valence-electron chi connectivity index (χ1n) is 9.54. The van der Waals surface area contributed by atoms with Crippen LogP contribution in [0.4, 0.5) is 0 Å². The predicted molar refractivity (Wildman–Crippen MR) is 98.4 cm³/mol. The van der Waals surface area contributed by atoms with Gasteiger partial charge in [-0.05, 0) is 58.4 Å². The molecule has 134 valence electrons. The Hall–Kier alpha value is -0.900. The van der Waals surface area contributed by atoms with Crippen LogP contribution in [-0.4, -0.2) is 37.5 Å². The highest BCUT2D eigenvalue weighted by Gasteiger charge is 2.42. The van der Waals surface area contributed by atoms with E-state index in [1.165, 1.54) is 18.4 Å². The zero-order valence-corrected chi connectivity index (χ0v) is 15.5. The lowest BCUT2D eigenvalue weighted by atomic mass is 9.66. The highest BCUT2D eigenvalue weighted by atomic mass is 16.5. The number of benzene rings is 1. The van der Waals surface area contributed by atoms with E-state index >= 15 is 0 Å². The molecule has 0 amide bonds. The summed E-state index contributed by atoms with van der Waals surface area (Å²) in [5, 5.41) is 3.73. The van der Waals surface area contributed by atoms with Gasteiger partial charge in [-0.25, -0.2) is 0 Å². The largest absolute Gasteiger partial charge is 0.377 e. The molecule has 1 aromatic carbocycles. The third kappa shape index (κ3) is 4.38. The van der Waals surface area contributed by atoms with E-state index in [1.54, 1.807) is 0 Å². The number of ether oxygens (including phenoxy) is 2. The second-order valence-corrected chi connectivity index (χ2v) is 8.33. The molecular formula is C21H33NO2. The third-order valence-electron chi connectivity index (χ3n) is 5.64. The van der Waals surface area contributed by atoms with E-state index in [-0.39, 0.29) is 11.0 Å². The molecule has 0 saturated carbocycles. The molecular weight excluding hydrogens is 298 g/mol. The third-order valence-corrected chi connectivity index (χ3v) is 5.64. The fraction of sp³-hybridized carbons (Fsp3) is 0.714. The van der Waals surface area contributed by atoms with Crippen LogP contribution in [0.5, 0.6) is 0 Å². The Labute approximate surface area is 147 Å². The van der Waals surface area contributed by atoms with Crippen LogP contribution in [0.2, 0.25) is 0 Å². The Balaban J connectivity index is 1.70. The molecule has 1 aromatic rings. The van der Waals surface area contributed by atoms with Crippen molar-refractivity contribution in [2.24, 2.45) is 0 Å². The molecule has 0 radical (unpaired) electrons. The van der Waals surface area contributed by atoms with Crippen molar-refractivity contribution in [2.45, 2.75) is 76.0 Å². The van der Waals surface area contributed by atoms with Gasteiger partial charge in [-0.2, -0.15) is 0 Å². The van der Waals surface area contributed by atoms with Crippen molar-refractivity contribution in [3.8, 4) is 0 Å². The number of hydrogen-bond acceptors (Lipinski definition) is 3. The van der Waals surface area contributed by atoms with Gasteiger partial charge in [0, 0.05) is 31.2 Å². The molecule has 3 nitrogen and oxygen atoms in total. The van der Waals surface area contributed by atoms with Crippen molar-refractivity contribution in [3.63, 3.8) is 0 Å². The first-order valence-corrected chi connectivity index (χ1v) is 9.54. The van der Waals surface area contributed by atoms with E-state index in [0.717, 1.165) is 39.0 Å². The number of hydrogen-bond donors (Lipinski definition) is 1. The van der Waals surface area contributed by atoms with E-state index < -0.39 is 0 Å². The van der Waals surface area contributed by atoms with Crippen LogP contribution in [0.25, 0.3) is 0 Å². The average molecular weight is 332 g/mol. The molecule has 0 bridgehead atoms. The van der Waals surface area contributed by atoms with Crippen LogP contribution in [0.1, 0.15) is 58.4 Å². The normalized spacial score (nSPS) is 31.0. The monoisotopic (exact) mass is 331 g/mol. The molecule has 0 aromatic heterocycles. The van der Waals surface area contributed by atoms with Gasteiger partial charge in [0.15, 0.2) is 0 Å². The summed E-state index contributed by atoms with van der Waals surface area (Å²) in [4.78, 5) is 0. The highest BCUT2D eigenvalue weighted by molar-refractivity contribution is 5.27. The summed E-state index contributed by atoms with van der Waals surface area (Å²) >= 11 is 0. The summed E-state index contributed by atoms with van der Waals surface area (Å²) in [6, 6.07) is 11.5. The Morgan fingerprint density at radius 1 is 1.21 bits per heavy atom. The van der Waals surface area contributed by atoms with Crippen molar-refractivity contribution in [3.05, 3.63) is 35.9 Å². The van der Waals surface area contributed by atoms with Crippen LogP contribution >= 0.6 is 0 Å². The summed E-state index contributed by atoms with van der Waals surface area (Å²) in [5.74, 6) is 0. The summed E-state index contributed by atoms with van der Waals surface area (Å²) in [6.45, 7) is 9.54. The average Bonchev–Trinajstić information content (AvgIpc) is 3.06. The SMILES string of the molecule is C[C@H](C[C@]1(c2ccccc2)CCOC(C)(C)C1)NC[C@H]1CCCO1.